The van der Waals surface area contributed by atoms with Crippen LogP contribution in [0.25, 0.3) is 21.7 Å². The van der Waals surface area contributed by atoms with Crippen molar-refractivity contribution in [3.63, 3.8) is 0 Å². The molecule has 3 aromatic rings. The summed E-state index contributed by atoms with van der Waals surface area (Å²) in [5.74, 6) is 0.445. The van der Waals surface area contributed by atoms with Gasteiger partial charge in [0.2, 0.25) is 0 Å². The normalized spacial score (nSPS) is 17.7. The van der Waals surface area contributed by atoms with Gasteiger partial charge in [-0.2, -0.15) is 0 Å². The van der Waals surface area contributed by atoms with Crippen molar-refractivity contribution in [1.29, 1.82) is 0 Å². The van der Waals surface area contributed by atoms with Crippen molar-refractivity contribution < 1.29 is 14.3 Å². The average molecular weight is 337 g/mol. The Morgan fingerprint density at radius 1 is 1.24 bits per heavy atom. The number of hydrogen-bond donors (Lipinski definition) is 1. The Bertz CT molecular complexity index is 927. The molecule has 1 fully saturated rings. The number of amides is 1. The van der Waals surface area contributed by atoms with Crippen LogP contribution in [-0.2, 0) is 0 Å². The molecule has 1 amide bonds. The first kappa shape index (κ1) is 16.2. The molecule has 2 heterocycles. The van der Waals surface area contributed by atoms with Crippen molar-refractivity contribution in [3.8, 4) is 0 Å². The zero-order chi connectivity index (χ0) is 17.4. The monoisotopic (exact) mass is 337 g/mol. The zero-order valence-electron chi connectivity index (χ0n) is 14.5. The van der Waals surface area contributed by atoms with Gasteiger partial charge >= 0.3 is 0 Å². The maximum absolute atomic E-state index is 13.1. The lowest BCUT2D eigenvalue weighted by atomic mass is 10.1. The maximum atomic E-state index is 13.1. The first-order chi connectivity index (χ1) is 12.2. The first-order valence-corrected chi connectivity index (χ1v) is 9.03. The van der Waals surface area contributed by atoms with Crippen molar-refractivity contribution in [2.75, 3.05) is 13.2 Å². The van der Waals surface area contributed by atoms with Gasteiger partial charge < -0.3 is 14.4 Å². The van der Waals surface area contributed by atoms with E-state index in [1.54, 1.807) is 0 Å². The van der Waals surface area contributed by atoms with Crippen LogP contribution < -0.4 is 0 Å². The van der Waals surface area contributed by atoms with Crippen LogP contribution in [0.5, 0.6) is 0 Å². The van der Waals surface area contributed by atoms with Crippen LogP contribution in [0.1, 0.15) is 41.8 Å². The molecule has 1 aromatic heterocycles. The van der Waals surface area contributed by atoms with Gasteiger partial charge in [0.1, 0.15) is 5.58 Å². The van der Waals surface area contributed by atoms with Gasteiger partial charge in [0.25, 0.3) is 5.91 Å². The van der Waals surface area contributed by atoms with E-state index in [4.69, 9.17) is 9.52 Å². The quantitative estimate of drug-likeness (QED) is 0.773. The third-order valence-corrected chi connectivity index (χ3v) is 5.36. The van der Waals surface area contributed by atoms with Crippen LogP contribution in [0.2, 0.25) is 0 Å². The molecule has 0 aliphatic carbocycles. The van der Waals surface area contributed by atoms with Gasteiger partial charge in [0.15, 0.2) is 5.76 Å². The highest BCUT2D eigenvalue weighted by Gasteiger charge is 2.32. The molecule has 1 N–H and O–H groups in total. The van der Waals surface area contributed by atoms with Gasteiger partial charge in [0.05, 0.1) is 0 Å². The molecule has 0 spiro atoms. The zero-order valence-corrected chi connectivity index (χ0v) is 14.5. The highest BCUT2D eigenvalue weighted by atomic mass is 16.3. The summed E-state index contributed by atoms with van der Waals surface area (Å²) in [5, 5.41) is 12.3. The number of aliphatic hydroxyl groups excluding tert-OH is 1. The third kappa shape index (κ3) is 2.71. The lowest BCUT2D eigenvalue weighted by molar-refractivity contribution is 0.0694. The smallest absolute Gasteiger partial charge is 0.290 e. The number of likely N-dealkylation sites (tertiary alicyclic amines) is 1. The second-order valence-corrected chi connectivity index (χ2v) is 6.88. The van der Waals surface area contributed by atoms with Crippen LogP contribution in [0.4, 0.5) is 0 Å². The molecule has 130 valence electrons. The molecule has 4 nitrogen and oxygen atoms in total. The summed E-state index contributed by atoms with van der Waals surface area (Å²) >= 11 is 0. The highest BCUT2D eigenvalue weighted by Crippen LogP contribution is 2.33. The second-order valence-electron chi connectivity index (χ2n) is 6.88. The van der Waals surface area contributed by atoms with Gasteiger partial charge in [-0.05, 0) is 38.0 Å². The maximum Gasteiger partial charge on any atom is 0.290 e. The molecule has 4 rings (SSSR count). The molecule has 25 heavy (non-hydrogen) atoms. The fourth-order valence-corrected chi connectivity index (χ4v) is 4.01. The predicted octanol–water partition coefficient (Wildman–Crippen LogP) is 4.27. The van der Waals surface area contributed by atoms with Crippen molar-refractivity contribution in [2.45, 2.75) is 38.6 Å². The molecule has 2 aromatic carbocycles. The molecule has 1 aliphatic heterocycles. The van der Waals surface area contributed by atoms with E-state index in [-0.39, 0.29) is 18.6 Å². The van der Waals surface area contributed by atoms with Crippen molar-refractivity contribution in [2.24, 2.45) is 0 Å². The van der Waals surface area contributed by atoms with Crippen molar-refractivity contribution in [3.05, 3.63) is 47.7 Å². The van der Waals surface area contributed by atoms with Gasteiger partial charge in [0, 0.05) is 35.5 Å². The molecular formula is C21H23NO3. The number of aryl methyl sites for hydroxylation is 1. The molecule has 1 saturated heterocycles. The number of benzene rings is 2. The minimum Gasteiger partial charge on any atom is -0.450 e. The van der Waals surface area contributed by atoms with E-state index in [0.717, 1.165) is 59.5 Å². The van der Waals surface area contributed by atoms with E-state index in [1.807, 2.05) is 36.1 Å². The Kier molecular flexibility index (Phi) is 4.22. The standard InChI is InChI=1S/C21H23NO3/c1-14-17-11-10-15-6-2-3-9-18(15)20(17)25-19(14)21(24)22-12-4-7-16(22)8-5-13-23/h2-3,6,9-11,16,23H,4-5,7-8,12-13H2,1H3. The van der Waals surface area contributed by atoms with Crippen molar-refractivity contribution in [1.82, 2.24) is 4.90 Å². The van der Waals surface area contributed by atoms with Crippen LogP contribution in [0, 0.1) is 6.92 Å². The van der Waals surface area contributed by atoms with Crippen molar-refractivity contribution >= 4 is 27.6 Å². The number of hydrogen-bond acceptors (Lipinski definition) is 3. The van der Waals surface area contributed by atoms with E-state index < -0.39 is 0 Å². The number of nitrogens with zero attached hydrogens (tertiary/aromatic N) is 1. The molecule has 0 bridgehead atoms. The summed E-state index contributed by atoms with van der Waals surface area (Å²) in [6.45, 7) is 2.91. The summed E-state index contributed by atoms with van der Waals surface area (Å²) < 4.78 is 6.10. The van der Waals surface area contributed by atoms with Crippen LogP contribution in [0.15, 0.2) is 40.8 Å². The van der Waals surface area contributed by atoms with E-state index in [1.165, 1.54) is 0 Å². The summed E-state index contributed by atoms with van der Waals surface area (Å²) in [6.07, 6.45) is 3.61. The van der Waals surface area contributed by atoms with Gasteiger partial charge in [-0.15, -0.1) is 0 Å². The fourth-order valence-electron chi connectivity index (χ4n) is 4.01. The fraction of sp³-hybridized carbons (Fsp3) is 0.381. The molecule has 1 unspecified atom stereocenters. The van der Waals surface area contributed by atoms with Gasteiger partial charge in [-0.25, -0.2) is 0 Å². The Labute approximate surface area is 147 Å². The molecule has 4 heteroatoms. The SMILES string of the molecule is Cc1c(C(=O)N2CCCC2CCCO)oc2c1ccc1ccccc12. The molecular weight excluding hydrogens is 314 g/mol. The van der Waals surface area contributed by atoms with E-state index in [2.05, 4.69) is 12.1 Å². The Morgan fingerprint density at radius 2 is 2.08 bits per heavy atom. The van der Waals surface area contributed by atoms with E-state index >= 15 is 0 Å². The highest BCUT2D eigenvalue weighted by molar-refractivity contribution is 6.08. The molecule has 0 saturated carbocycles. The number of aliphatic hydroxyl groups is 1. The molecule has 0 radical (unpaired) electrons. The van der Waals surface area contributed by atoms with E-state index in [0.29, 0.717) is 5.76 Å². The Hall–Kier alpha value is -2.33. The van der Waals surface area contributed by atoms with Gasteiger partial charge in [-0.1, -0.05) is 36.4 Å². The summed E-state index contributed by atoms with van der Waals surface area (Å²) in [6, 6.07) is 12.4. The van der Waals surface area contributed by atoms with Crippen LogP contribution in [-0.4, -0.2) is 35.1 Å². The third-order valence-electron chi connectivity index (χ3n) is 5.36. The number of rotatable bonds is 4. The number of carbonyl (C=O) groups excluding carboxylic acids is 1. The second kappa shape index (κ2) is 6.52. The average Bonchev–Trinajstić information content (AvgIpc) is 3.24. The minimum absolute atomic E-state index is 0.0155. The van der Waals surface area contributed by atoms with Crippen LogP contribution in [0.3, 0.4) is 0 Å². The summed E-state index contributed by atoms with van der Waals surface area (Å²) in [4.78, 5) is 15.0. The first-order valence-electron chi connectivity index (χ1n) is 9.03. The summed E-state index contributed by atoms with van der Waals surface area (Å²) in [7, 11) is 0. The Balaban J connectivity index is 1.74. The lowest BCUT2D eigenvalue weighted by Gasteiger charge is -2.23. The lowest BCUT2D eigenvalue weighted by Crippen LogP contribution is -2.35. The predicted molar refractivity (Wildman–Crippen MR) is 98.8 cm³/mol. The van der Waals surface area contributed by atoms with E-state index in [9.17, 15) is 4.79 Å². The minimum atomic E-state index is -0.0155. The largest absolute Gasteiger partial charge is 0.450 e. The topological polar surface area (TPSA) is 53.7 Å². The number of carbonyl (C=O) groups is 1. The summed E-state index contributed by atoms with van der Waals surface area (Å²) in [5.41, 5.74) is 1.71. The number of furan rings is 1. The number of fused-ring (bicyclic) bond motifs is 3. The van der Waals surface area contributed by atoms with Crippen LogP contribution >= 0.6 is 0 Å². The van der Waals surface area contributed by atoms with Gasteiger partial charge in [-0.3, -0.25) is 4.79 Å². The molecule has 1 aliphatic rings. The Morgan fingerprint density at radius 3 is 2.92 bits per heavy atom. The molecule has 1 atom stereocenters.